The minimum atomic E-state index is -0.938. The lowest BCUT2D eigenvalue weighted by Crippen LogP contribution is -2.26. The van der Waals surface area contributed by atoms with Gasteiger partial charge in [-0.3, -0.25) is 0 Å². The summed E-state index contributed by atoms with van der Waals surface area (Å²) in [4.78, 5) is 11.7. The van der Waals surface area contributed by atoms with Crippen LogP contribution in [0.3, 0.4) is 0 Å². The highest BCUT2D eigenvalue weighted by Gasteiger charge is 2.29. The second kappa shape index (κ2) is 6.09. The number of aromatic nitrogens is 3. The minimum Gasteiger partial charge on any atom is -0.464 e. The third kappa shape index (κ3) is 2.91. The predicted octanol–water partition coefficient (Wildman–Crippen LogP) is -1.16. The van der Waals surface area contributed by atoms with Crippen LogP contribution in [-0.2, 0) is 11.3 Å². The van der Waals surface area contributed by atoms with Crippen molar-refractivity contribution >= 4 is 5.97 Å². The van der Waals surface area contributed by atoms with E-state index in [4.69, 9.17) is 5.11 Å². The average molecular weight is 270 g/mol. The molecule has 0 aliphatic carbocycles. The van der Waals surface area contributed by atoms with Crippen molar-refractivity contribution in [1.82, 2.24) is 20.3 Å². The molecule has 2 heterocycles. The van der Waals surface area contributed by atoms with Crippen LogP contribution in [0.1, 0.15) is 35.1 Å². The molecule has 0 radical (unpaired) electrons. The number of hydrogen-bond acceptors (Lipinski definition) is 7. The molecular formula is C11H18N4O4. The summed E-state index contributed by atoms with van der Waals surface area (Å²) in [6, 6.07) is -0.0324. The van der Waals surface area contributed by atoms with Gasteiger partial charge in [0.2, 0.25) is 0 Å². The molecule has 0 aromatic carbocycles. The van der Waals surface area contributed by atoms with Gasteiger partial charge in [-0.15, -0.1) is 5.10 Å². The molecule has 2 atom stereocenters. The maximum Gasteiger partial charge on any atom is 0.360 e. The number of nitrogens with zero attached hydrogens (tertiary/aromatic N) is 3. The van der Waals surface area contributed by atoms with E-state index in [0.717, 1.165) is 19.4 Å². The van der Waals surface area contributed by atoms with Crippen LogP contribution in [0, 0.1) is 0 Å². The molecule has 3 N–H and O–H groups in total. The van der Waals surface area contributed by atoms with Crippen molar-refractivity contribution < 1.29 is 19.7 Å². The van der Waals surface area contributed by atoms with E-state index in [1.54, 1.807) is 0 Å². The normalized spacial score (nSPS) is 20.5. The second-order valence-corrected chi connectivity index (χ2v) is 4.48. The molecule has 1 aromatic heterocycles. The molecule has 106 valence electrons. The zero-order valence-electron chi connectivity index (χ0n) is 10.7. The number of esters is 1. The lowest BCUT2D eigenvalue weighted by molar-refractivity contribution is 0.0590. The number of rotatable bonds is 5. The molecule has 2 rings (SSSR count). The van der Waals surface area contributed by atoms with Crippen molar-refractivity contribution in [1.29, 1.82) is 0 Å². The summed E-state index contributed by atoms with van der Waals surface area (Å²) >= 11 is 0. The summed E-state index contributed by atoms with van der Waals surface area (Å²) in [5.74, 6) is -0.548. The summed E-state index contributed by atoms with van der Waals surface area (Å²) in [5, 5.41) is 29.4. The maximum atomic E-state index is 11.7. The molecular weight excluding hydrogens is 252 g/mol. The fourth-order valence-corrected chi connectivity index (χ4v) is 2.22. The number of carbonyl (C=O) groups is 1. The molecule has 19 heavy (non-hydrogen) atoms. The fourth-order valence-electron chi connectivity index (χ4n) is 2.22. The van der Waals surface area contributed by atoms with Crippen LogP contribution in [0.2, 0.25) is 0 Å². The first-order valence-electron chi connectivity index (χ1n) is 6.21. The number of aliphatic hydroxyl groups excluding tert-OH is 2. The fraction of sp³-hybridized carbons (Fsp3) is 0.727. The molecule has 0 bridgehead atoms. The molecule has 1 saturated heterocycles. The van der Waals surface area contributed by atoms with Gasteiger partial charge in [0.05, 0.1) is 38.1 Å². The SMILES string of the molecule is COC(=O)c1nnn(CC(O)CO)c1C1CCCN1. The number of methoxy groups -OCH3 is 1. The van der Waals surface area contributed by atoms with Gasteiger partial charge in [0, 0.05) is 0 Å². The van der Waals surface area contributed by atoms with Gasteiger partial charge in [0.25, 0.3) is 0 Å². The van der Waals surface area contributed by atoms with Gasteiger partial charge in [-0.25, -0.2) is 9.48 Å². The van der Waals surface area contributed by atoms with Crippen molar-refractivity contribution in [2.75, 3.05) is 20.3 Å². The number of aliphatic hydroxyl groups is 2. The predicted molar refractivity (Wildman–Crippen MR) is 64.4 cm³/mol. The Morgan fingerprint density at radius 2 is 2.47 bits per heavy atom. The molecule has 1 aliphatic heterocycles. The van der Waals surface area contributed by atoms with Gasteiger partial charge in [0.1, 0.15) is 0 Å². The first-order valence-corrected chi connectivity index (χ1v) is 6.21. The lowest BCUT2D eigenvalue weighted by atomic mass is 10.1. The summed E-state index contributed by atoms with van der Waals surface area (Å²) < 4.78 is 6.14. The standard InChI is InChI=1S/C11H18N4O4/c1-19-11(18)9-10(8-3-2-4-12-8)15(14-13-9)5-7(17)6-16/h7-8,12,16-17H,2-6H2,1H3. The Bertz CT molecular complexity index is 442. The van der Waals surface area contributed by atoms with Crippen LogP contribution in [-0.4, -0.2) is 57.5 Å². The monoisotopic (exact) mass is 270 g/mol. The van der Waals surface area contributed by atoms with Crippen molar-refractivity contribution in [2.45, 2.75) is 31.5 Å². The summed E-state index contributed by atoms with van der Waals surface area (Å²) in [5.41, 5.74) is 0.767. The minimum absolute atomic E-state index is 0.0324. The summed E-state index contributed by atoms with van der Waals surface area (Å²) in [6.07, 6.45) is 0.929. The van der Waals surface area contributed by atoms with Crippen LogP contribution in [0.4, 0.5) is 0 Å². The largest absolute Gasteiger partial charge is 0.464 e. The average Bonchev–Trinajstić information content (AvgIpc) is 3.06. The topological polar surface area (TPSA) is 110 Å². The Kier molecular flexibility index (Phi) is 4.46. The molecule has 0 saturated carbocycles. The lowest BCUT2D eigenvalue weighted by Gasteiger charge is -2.15. The second-order valence-electron chi connectivity index (χ2n) is 4.48. The molecule has 1 aromatic rings. The van der Waals surface area contributed by atoms with Gasteiger partial charge >= 0.3 is 5.97 Å². The molecule has 2 unspecified atom stereocenters. The molecule has 1 fully saturated rings. The summed E-state index contributed by atoms with van der Waals surface area (Å²) in [7, 11) is 1.29. The number of nitrogens with one attached hydrogen (secondary N) is 1. The van der Waals surface area contributed by atoms with E-state index in [0.29, 0.717) is 5.69 Å². The van der Waals surface area contributed by atoms with Gasteiger partial charge in [-0.2, -0.15) is 0 Å². The first-order chi connectivity index (χ1) is 9.17. The highest BCUT2D eigenvalue weighted by molar-refractivity contribution is 5.88. The van der Waals surface area contributed by atoms with E-state index in [1.807, 2.05) is 0 Å². The van der Waals surface area contributed by atoms with Crippen molar-refractivity contribution in [3.05, 3.63) is 11.4 Å². The third-order valence-corrected chi connectivity index (χ3v) is 3.14. The van der Waals surface area contributed by atoms with E-state index in [-0.39, 0.29) is 24.9 Å². The van der Waals surface area contributed by atoms with Crippen LogP contribution in [0.25, 0.3) is 0 Å². The van der Waals surface area contributed by atoms with Crippen LogP contribution in [0.15, 0.2) is 0 Å². The van der Waals surface area contributed by atoms with E-state index in [1.165, 1.54) is 11.8 Å². The first kappa shape index (κ1) is 13.9. The Labute approximate surface area is 110 Å². The molecule has 0 amide bonds. The number of carbonyl (C=O) groups excluding carboxylic acids is 1. The van der Waals surface area contributed by atoms with E-state index >= 15 is 0 Å². The maximum absolute atomic E-state index is 11.7. The van der Waals surface area contributed by atoms with Crippen molar-refractivity contribution in [2.24, 2.45) is 0 Å². The Morgan fingerprint density at radius 3 is 3.05 bits per heavy atom. The highest BCUT2D eigenvalue weighted by atomic mass is 16.5. The van der Waals surface area contributed by atoms with Gasteiger partial charge in [-0.1, -0.05) is 5.21 Å². The molecule has 8 heteroatoms. The molecule has 8 nitrogen and oxygen atoms in total. The Balaban J connectivity index is 2.31. The van der Waals surface area contributed by atoms with Gasteiger partial charge in [0.15, 0.2) is 5.69 Å². The Morgan fingerprint density at radius 1 is 1.68 bits per heavy atom. The van der Waals surface area contributed by atoms with E-state index in [2.05, 4.69) is 20.4 Å². The van der Waals surface area contributed by atoms with Crippen molar-refractivity contribution in [3.8, 4) is 0 Å². The van der Waals surface area contributed by atoms with Crippen LogP contribution >= 0.6 is 0 Å². The van der Waals surface area contributed by atoms with Gasteiger partial charge in [-0.05, 0) is 19.4 Å². The highest BCUT2D eigenvalue weighted by Crippen LogP contribution is 2.25. The molecule has 0 spiro atoms. The van der Waals surface area contributed by atoms with Gasteiger partial charge < -0.3 is 20.3 Å². The van der Waals surface area contributed by atoms with Crippen molar-refractivity contribution in [3.63, 3.8) is 0 Å². The summed E-state index contributed by atoms with van der Waals surface area (Å²) in [6.45, 7) is 0.581. The Hall–Kier alpha value is -1.51. The van der Waals surface area contributed by atoms with Crippen LogP contribution in [0.5, 0.6) is 0 Å². The van der Waals surface area contributed by atoms with E-state index < -0.39 is 12.1 Å². The zero-order valence-corrected chi connectivity index (χ0v) is 10.7. The third-order valence-electron chi connectivity index (χ3n) is 3.14. The number of ether oxygens (including phenoxy) is 1. The van der Waals surface area contributed by atoms with E-state index in [9.17, 15) is 9.90 Å². The van der Waals surface area contributed by atoms with Crippen LogP contribution < -0.4 is 5.32 Å². The molecule has 1 aliphatic rings. The number of hydrogen-bond donors (Lipinski definition) is 3. The zero-order chi connectivity index (χ0) is 13.8. The smallest absolute Gasteiger partial charge is 0.360 e. The quantitative estimate of drug-likeness (QED) is 0.579.